The number of carbonyl (C=O) groups is 2. The first-order chi connectivity index (χ1) is 22.6. The Balaban J connectivity index is 1.21. The SMILES string of the molecule is CNC(=O)c1c(-c2ccc(F)cc2)oc2cc(N(CCOCCOCCOCc3cccc(C(=O)O)c3)S(C)(=O)=O)c(C3CC3)cc12. The summed E-state index contributed by atoms with van der Waals surface area (Å²) in [7, 11) is -2.21. The predicted molar refractivity (Wildman–Crippen MR) is 174 cm³/mol. The lowest BCUT2D eigenvalue weighted by atomic mass is 10.0. The fourth-order valence-electron chi connectivity index (χ4n) is 5.28. The summed E-state index contributed by atoms with van der Waals surface area (Å²) in [5, 5.41) is 12.3. The molecule has 4 aromatic rings. The Hall–Kier alpha value is -4.30. The standard InChI is InChI=1S/C34H37FN2O9S/c1-36-33(38)31-28-19-27(23-6-7-23)29(20-30(28)46-32(31)24-8-10-26(35)11-9-24)37(47(2,41)42)12-13-43-14-15-44-16-17-45-21-22-4-3-5-25(18-22)34(39)40/h3-5,8-11,18-20,23H,6-7,12-17,21H2,1-2H3,(H,36,38)(H,39,40). The second kappa shape index (κ2) is 15.1. The third-order valence-corrected chi connectivity index (χ3v) is 8.89. The number of carboxylic acid groups (broad SMARTS) is 1. The van der Waals surface area contributed by atoms with Crippen LogP contribution in [0.1, 0.15) is 50.6 Å². The van der Waals surface area contributed by atoms with Crippen molar-refractivity contribution in [1.82, 2.24) is 5.32 Å². The van der Waals surface area contributed by atoms with E-state index in [9.17, 15) is 22.4 Å². The maximum atomic E-state index is 13.6. The van der Waals surface area contributed by atoms with Crippen molar-refractivity contribution >= 4 is 38.6 Å². The first kappa shape index (κ1) is 34.0. The van der Waals surface area contributed by atoms with Crippen LogP contribution in [-0.4, -0.2) is 78.3 Å². The summed E-state index contributed by atoms with van der Waals surface area (Å²) in [5.41, 5.74) is 3.37. The first-order valence-electron chi connectivity index (χ1n) is 15.2. The highest BCUT2D eigenvalue weighted by Crippen LogP contribution is 2.48. The van der Waals surface area contributed by atoms with Crippen molar-refractivity contribution in [3.8, 4) is 11.3 Å². The molecular formula is C34H37FN2O9S. The third kappa shape index (κ3) is 8.55. The molecule has 0 radical (unpaired) electrons. The number of nitrogens with zero attached hydrogens (tertiary/aromatic N) is 1. The van der Waals surface area contributed by atoms with Gasteiger partial charge in [0.2, 0.25) is 10.0 Å². The summed E-state index contributed by atoms with van der Waals surface area (Å²) < 4.78 is 64.0. The Morgan fingerprint density at radius 1 is 0.979 bits per heavy atom. The molecule has 0 unspecified atom stereocenters. The molecule has 5 rings (SSSR count). The molecule has 0 aliphatic heterocycles. The van der Waals surface area contributed by atoms with E-state index in [4.69, 9.17) is 23.7 Å². The van der Waals surface area contributed by atoms with Gasteiger partial charge in [-0.2, -0.15) is 0 Å². The first-order valence-corrected chi connectivity index (χ1v) is 17.0. The van der Waals surface area contributed by atoms with Crippen LogP contribution in [0.25, 0.3) is 22.3 Å². The van der Waals surface area contributed by atoms with E-state index in [-0.39, 0.29) is 56.1 Å². The van der Waals surface area contributed by atoms with Crippen LogP contribution >= 0.6 is 0 Å². The molecule has 250 valence electrons. The van der Waals surface area contributed by atoms with Crippen LogP contribution in [0.3, 0.4) is 0 Å². The fraction of sp³-hybridized carbons (Fsp3) is 0.353. The predicted octanol–water partition coefficient (Wildman–Crippen LogP) is 5.19. The van der Waals surface area contributed by atoms with Crippen LogP contribution in [0.15, 0.2) is 65.1 Å². The van der Waals surface area contributed by atoms with Crippen LogP contribution in [0.2, 0.25) is 0 Å². The van der Waals surface area contributed by atoms with Gasteiger partial charge in [-0.15, -0.1) is 0 Å². The molecule has 11 nitrogen and oxygen atoms in total. The number of benzene rings is 3. The molecule has 0 atom stereocenters. The molecule has 1 saturated carbocycles. The van der Waals surface area contributed by atoms with Crippen LogP contribution in [-0.2, 0) is 30.8 Å². The van der Waals surface area contributed by atoms with Crippen molar-refractivity contribution in [3.05, 3.63) is 88.7 Å². The van der Waals surface area contributed by atoms with Crippen LogP contribution in [0.4, 0.5) is 10.1 Å². The van der Waals surface area contributed by atoms with Crippen molar-refractivity contribution < 1.29 is 46.1 Å². The highest BCUT2D eigenvalue weighted by molar-refractivity contribution is 7.92. The lowest BCUT2D eigenvalue weighted by Gasteiger charge is -2.25. The number of anilines is 1. The highest BCUT2D eigenvalue weighted by Gasteiger charge is 2.33. The van der Waals surface area contributed by atoms with E-state index in [1.807, 2.05) is 6.07 Å². The Morgan fingerprint density at radius 3 is 2.30 bits per heavy atom. The van der Waals surface area contributed by atoms with Gasteiger partial charge in [-0.1, -0.05) is 12.1 Å². The maximum absolute atomic E-state index is 13.6. The molecule has 1 amide bonds. The normalized spacial score (nSPS) is 13.2. The molecule has 1 fully saturated rings. The molecular weight excluding hydrogens is 631 g/mol. The zero-order chi connectivity index (χ0) is 33.6. The number of sulfonamides is 1. The molecule has 3 aromatic carbocycles. The van der Waals surface area contributed by atoms with Crippen molar-refractivity contribution in [2.75, 3.05) is 57.2 Å². The minimum atomic E-state index is -3.72. The summed E-state index contributed by atoms with van der Waals surface area (Å²) in [6.07, 6.45) is 2.91. The van der Waals surface area contributed by atoms with E-state index in [1.54, 1.807) is 24.3 Å². The van der Waals surface area contributed by atoms with Crippen molar-refractivity contribution in [1.29, 1.82) is 0 Å². The number of furan rings is 1. The molecule has 13 heteroatoms. The maximum Gasteiger partial charge on any atom is 0.335 e. The summed E-state index contributed by atoms with van der Waals surface area (Å²) >= 11 is 0. The number of nitrogens with one attached hydrogen (secondary N) is 1. The van der Waals surface area contributed by atoms with Gasteiger partial charge in [-0.25, -0.2) is 17.6 Å². The van der Waals surface area contributed by atoms with Crippen LogP contribution in [0.5, 0.6) is 0 Å². The van der Waals surface area contributed by atoms with E-state index in [2.05, 4.69) is 5.32 Å². The number of halogens is 1. The average Bonchev–Trinajstić information content (AvgIpc) is 3.83. The summed E-state index contributed by atoms with van der Waals surface area (Å²) in [6, 6.07) is 15.7. The zero-order valence-electron chi connectivity index (χ0n) is 26.2. The number of carboxylic acids is 1. The number of rotatable bonds is 17. The molecule has 0 saturated heterocycles. The van der Waals surface area contributed by atoms with Crippen molar-refractivity contribution in [2.45, 2.75) is 25.4 Å². The minimum Gasteiger partial charge on any atom is -0.478 e. The van der Waals surface area contributed by atoms with E-state index < -0.39 is 21.8 Å². The van der Waals surface area contributed by atoms with Gasteiger partial charge in [0.05, 0.1) is 69.3 Å². The van der Waals surface area contributed by atoms with E-state index in [1.165, 1.54) is 41.7 Å². The number of fused-ring (bicyclic) bond motifs is 1. The molecule has 1 aliphatic rings. The van der Waals surface area contributed by atoms with Gasteiger partial charge in [0.25, 0.3) is 5.91 Å². The lowest BCUT2D eigenvalue weighted by molar-refractivity contribution is 0.0120. The third-order valence-electron chi connectivity index (χ3n) is 7.71. The number of carbonyl (C=O) groups excluding carboxylic acids is 1. The van der Waals surface area contributed by atoms with E-state index >= 15 is 0 Å². The average molecular weight is 669 g/mol. The molecule has 1 heterocycles. The molecule has 2 N–H and O–H groups in total. The summed E-state index contributed by atoms with van der Waals surface area (Å²) in [6.45, 7) is 1.55. The Kier molecular flexibility index (Phi) is 10.9. The lowest BCUT2D eigenvalue weighted by Crippen LogP contribution is -2.34. The Morgan fingerprint density at radius 2 is 1.66 bits per heavy atom. The number of amides is 1. The molecule has 1 aliphatic carbocycles. The monoisotopic (exact) mass is 668 g/mol. The molecule has 1 aromatic heterocycles. The van der Waals surface area contributed by atoms with Gasteiger partial charge in [-0.05, 0) is 72.4 Å². The van der Waals surface area contributed by atoms with Gasteiger partial charge >= 0.3 is 5.97 Å². The van der Waals surface area contributed by atoms with E-state index in [0.717, 1.165) is 30.2 Å². The smallest absolute Gasteiger partial charge is 0.335 e. The van der Waals surface area contributed by atoms with E-state index in [0.29, 0.717) is 41.0 Å². The largest absolute Gasteiger partial charge is 0.478 e. The minimum absolute atomic E-state index is 0.0520. The zero-order valence-corrected chi connectivity index (χ0v) is 27.0. The topological polar surface area (TPSA) is 145 Å². The Bertz CT molecular complexity index is 1840. The molecule has 47 heavy (non-hydrogen) atoms. The van der Waals surface area contributed by atoms with Gasteiger partial charge in [-0.3, -0.25) is 9.10 Å². The van der Waals surface area contributed by atoms with Gasteiger partial charge in [0.15, 0.2) is 0 Å². The van der Waals surface area contributed by atoms with Gasteiger partial charge < -0.3 is 29.1 Å². The summed E-state index contributed by atoms with van der Waals surface area (Å²) in [5.74, 6) is -1.38. The molecule has 0 bridgehead atoms. The molecule has 0 spiro atoms. The van der Waals surface area contributed by atoms with Crippen molar-refractivity contribution in [3.63, 3.8) is 0 Å². The van der Waals surface area contributed by atoms with Crippen LogP contribution in [0, 0.1) is 5.82 Å². The van der Waals surface area contributed by atoms with Gasteiger partial charge in [0.1, 0.15) is 17.2 Å². The van der Waals surface area contributed by atoms with Gasteiger partial charge in [0, 0.05) is 24.1 Å². The second-order valence-corrected chi connectivity index (χ2v) is 13.1. The quantitative estimate of drug-likeness (QED) is 0.145. The number of ether oxygens (including phenoxy) is 3. The highest BCUT2D eigenvalue weighted by atomic mass is 32.2. The van der Waals surface area contributed by atoms with Crippen molar-refractivity contribution in [2.24, 2.45) is 0 Å². The summed E-state index contributed by atoms with van der Waals surface area (Å²) in [4.78, 5) is 24.1. The van der Waals surface area contributed by atoms with Crippen LogP contribution < -0.4 is 9.62 Å². The number of hydrogen-bond acceptors (Lipinski definition) is 8. The number of hydrogen-bond donors (Lipinski definition) is 2. The second-order valence-electron chi connectivity index (χ2n) is 11.2. The Labute approximate surface area is 272 Å². The fourth-order valence-corrected chi connectivity index (χ4v) is 6.20. The number of aromatic carboxylic acids is 1.